The highest BCUT2D eigenvalue weighted by Crippen LogP contribution is 2.39. The predicted molar refractivity (Wildman–Crippen MR) is 125 cm³/mol. The van der Waals surface area contributed by atoms with E-state index in [1.54, 1.807) is 61.7 Å². The molecular formula is C25H21ClN2O4. The van der Waals surface area contributed by atoms with E-state index in [1.807, 2.05) is 19.1 Å². The second kappa shape index (κ2) is 8.77. The topological polar surface area (TPSA) is 67.9 Å². The van der Waals surface area contributed by atoms with Gasteiger partial charge in [0, 0.05) is 10.6 Å². The van der Waals surface area contributed by atoms with Gasteiger partial charge >= 0.3 is 0 Å². The number of anilines is 2. The number of hydrogen-bond donors (Lipinski definition) is 1. The third-order valence-electron chi connectivity index (χ3n) is 5.24. The van der Waals surface area contributed by atoms with Crippen molar-refractivity contribution in [1.29, 1.82) is 0 Å². The van der Waals surface area contributed by atoms with Gasteiger partial charge in [-0.2, -0.15) is 0 Å². The molecule has 0 aromatic heterocycles. The number of imide groups is 1. The molecular weight excluding hydrogens is 428 g/mol. The first kappa shape index (κ1) is 21.5. The molecule has 4 rings (SSSR count). The number of hydrogen-bond acceptors (Lipinski definition) is 5. The minimum absolute atomic E-state index is 0.128. The molecule has 3 aromatic rings. The fraction of sp³-hybridized carbons (Fsp3) is 0.120. The summed E-state index contributed by atoms with van der Waals surface area (Å²) >= 11 is 6.18. The summed E-state index contributed by atoms with van der Waals surface area (Å²) in [7, 11) is 3.06. The first-order valence-corrected chi connectivity index (χ1v) is 10.3. The highest BCUT2D eigenvalue weighted by Gasteiger charge is 2.42. The van der Waals surface area contributed by atoms with E-state index in [0.29, 0.717) is 33.5 Å². The van der Waals surface area contributed by atoms with Gasteiger partial charge in [-0.25, -0.2) is 4.90 Å². The number of nitrogens with one attached hydrogen (secondary N) is 1. The largest absolute Gasteiger partial charge is 0.496 e. The van der Waals surface area contributed by atoms with Gasteiger partial charge in [0.1, 0.15) is 17.2 Å². The van der Waals surface area contributed by atoms with Gasteiger partial charge in [-0.3, -0.25) is 9.59 Å². The molecule has 0 spiro atoms. The summed E-state index contributed by atoms with van der Waals surface area (Å²) in [4.78, 5) is 28.4. The van der Waals surface area contributed by atoms with Gasteiger partial charge < -0.3 is 14.8 Å². The van der Waals surface area contributed by atoms with Crippen LogP contribution in [0.3, 0.4) is 0 Å². The average molecular weight is 449 g/mol. The van der Waals surface area contributed by atoms with Crippen LogP contribution in [0.2, 0.25) is 5.02 Å². The number of amides is 2. The quantitative estimate of drug-likeness (QED) is 0.534. The van der Waals surface area contributed by atoms with Crippen molar-refractivity contribution in [3.63, 3.8) is 0 Å². The van der Waals surface area contributed by atoms with E-state index in [1.165, 1.54) is 7.11 Å². The Balaban J connectivity index is 1.91. The molecule has 2 amide bonds. The van der Waals surface area contributed by atoms with E-state index in [4.69, 9.17) is 21.1 Å². The number of ether oxygens (including phenoxy) is 2. The molecule has 1 aliphatic rings. The van der Waals surface area contributed by atoms with Gasteiger partial charge in [-0.1, -0.05) is 48.0 Å². The van der Waals surface area contributed by atoms with Crippen LogP contribution < -0.4 is 19.7 Å². The monoisotopic (exact) mass is 448 g/mol. The van der Waals surface area contributed by atoms with Crippen LogP contribution in [0.15, 0.2) is 72.4 Å². The lowest BCUT2D eigenvalue weighted by molar-refractivity contribution is -0.120. The number of para-hydroxylation sites is 3. The predicted octanol–water partition coefficient (Wildman–Crippen LogP) is 5.06. The Hall–Kier alpha value is -3.77. The number of benzene rings is 3. The van der Waals surface area contributed by atoms with Gasteiger partial charge in [0.2, 0.25) is 0 Å². The Labute approximate surface area is 191 Å². The molecule has 0 unspecified atom stereocenters. The molecule has 0 aliphatic carbocycles. The van der Waals surface area contributed by atoms with Gasteiger partial charge in [0.25, 0.3) is 11.8 Å². The van der Waals surface area contributed by atoms with Crippen molar-refractivity contribution in [3.05, 3.63) is 88.6 Å². The summed E-state index contributed by atoms with van der Waals surface area (Å²) < 4.78 is 10.9. The normalized spacial score (nSPS) is 13.6. The zero-order chi connectivity index (χ0) is 22.8. The molecule has 162 valence electrons. The summed E-state index contributed by atoms with van der Waals surface area (Å²) in [6.45, 7) is 1.82. The van der Waals surface area contributed by atoms with Crippen LogP contribution in [0.4, 0.5) is 11.4 Å². The number of aryl methyl sites for hydroxylation is 1. The molecule has 0 saturated carbocycles. The first-order chi connectivity index (χ1) is 15.5. The second-order valence-corrected chi connectivity index (χ2v) is 7.59. The van der Waals surface area contributed by atoms with Gasteiger partial charge in [-0.15, -0.1) is 0 Å². The smallest absolute Gasteiger partial charge is 0.282 e. The maximum absolute atomic E-state index is 13.7. The highest BCUT2D eigenvalue weighted by molar-refractivity contribution is 6.47. The minimum atomic E-state index is -0.493. The number of halogens is 1. The lowest BCUT2D eigenvalue weighted by Crippen LogP contribution is -2.33. The van der Waals surface area contributed by atoms with Crippen molar-refractivity contribution in [3.8, 4) is 11.5 Å². The summed E-state index contributed by atoms with van der Waals surface area (Å²) in [5, 5.41) is 3.56. The number of methoxy groups -OCH3 is 2. The molecule has 1 N–H and O–H groups in total. The Morgan fingerprint density at radius 3 is 2.22 bits per heavy atom. The molecule has 0 atom stereocenters. The molecule has 0 saturated heterocycles. The molecule has 6 nitrogen and oxygen atoms in total. The molecule has 7 heteroatoms. The van der Waals surface area contributed by atoms with Crippen LogP contribution in [-0.2, 0) is 9.59 Å². The second-order valence-electron chi connectivity index (χ2n) is 7.15. The SMILES string of the molecule is COc1ccccc1NC1=C(c2ccccc2OC)C(=O)N(c2cc(Cl)ccc2C)C1=O. The fourth-order valence-corrected chi connectivity index (χ4v) is 3.84. The van der Waals surface area contributed by atoms with Crippen LogP contribution in [0, 0.1) is 6.92 Å². The van der Waals surface area contributed by atoms with Crippen molar-refractivity contribution in [2.75, 3.05) is 24.4 Å². The Bertz CT molecular complexity index is 1250. The van der Waals surface area contributed by atoms with Crippen LogP contribution in [-0.4, -0.2) is 26.0 Å². The maximum Gasteiger partial charge on any atom is 0.282 e. The number of carbonyl (C=O) groups is 2. The van der Waals surface area contributed by atoms with Crippen molar-refractivity contribution < 1.29 is 19.1 Å². The zero-order valence-corrected chi connectivity index (χ0v) is 18.6. The standard InChI is InChI=1S/C25H21ClN2O4/c1-15-12-13-16(26)14-19(15)28-24(29)22(17-8-4-6-10-20(17)31-2)23(25(28)30)27-18-9-5-7-11-21(18)32-3/h4-14,27H,1-3H3. The van der Waals surface area contributed by atoms with Crippen LogP contribution in [0.1, 0.15) is 11.1 Å². The number of nitrogens with zero attached hydrogens (tertiary/aromatic N) is 1. The molecule has 1 aliphatic heterocycles. The maximum atomic E-state index is 13.7. The third-order valence-corrected chi connectivity index (χ3v) is 5.47. The summed E-state index contributed by atoms with van der Waals surface area (Å²) in [5.41, 5.74) is 2.57. The minimum Gasteiger partial charge on any atom is -0.496 e. The van der Waals surface area contributed by atoms with E-state index in [-0.39, 0.29) is 11.3 Å². The van der Waals surface area contributed by atoms with Crippen LogP contribution in [0.5, 0.6) is 11.5 Å². The van der Waals surface area contributed by atoms with E-state index in [0.717, 1.165) is 10.5 Å². The average Bonchev–Trinajstić information content (AvgIpc) is 3.04. The van der Waals surface area contributed by atoms with E-state index < -0.39 is 11.8 Å². The van der Waals surface area contributed by atoms with Crippen LogP contribution in [0.25, 0.3) is 5.57 Å². The molecule has 0 bridgehead atoms. The lowest BCUT2D eigenvalue weighted by Gasteiger charge is -2.18. The molecule has 0 fully saturated rings. The summed E-state index contributed by atoms with van der Waals surface area (Å²) in [6.07, 6.45) is 0. The van der Waals surface area contributed by atoms with Crippen molar-refractivity contribution in [2.45, 2.75) is 6.92 Å². The molecule has 32 heavy (non-hydrogen) atoms. The Morgan fingerprint density at radius 1 is 0.844 bits per heavy atom. The van der Waals surface area contributed by atoms with Crippen molar-refractivity contribution in [1.82, 2.24) is 0 Å². The van der Waals surface area contributed by atoms with Crippen molar-refractivity contribution >= 4 is 40.4 Å². The lowest BCUT2D eigenvalue weighted by atomic mass is 10.0. The van der Waals surface area contributed by atoms with Gasteiger partial charge in [-0.05, 0) is 42.8 Å². The molecule has 1 heterocycles. The van der Waals surface area contributed by atoms with Crippen LogP contribution >= 0.6 is 11.6 Å². The van der Waals surface area contributed by atoms with Gasteiger partial charge in [0.05, 0.1) is 31.2 Å². The summed E-state index contributed by atoms with van der Waals surface area (Å²) in [5.74, 6) is 0.0547. The first-order valence-electron chi connectivity index (χ1n) is 9.89. The molecule has 0 radical (unpaired) electrons. The fourth-order valence-electron chi connectivity index (χ4n) is 3.67. The third kappa shape index (κ3) is 3.69. The molecule has 3 aromatic carbocycles. The van der Waals surface area contributed by atoms with Gasteiger partial charge in [0.15, 0.2) is 0 Å². The summed E-state index contributed by atoms with van der Waals surface area (Å²) in [6, 6.07) is 19.4. The number of carbonyl (C=O) groups excluding carboxylic acids is 2. The number of rotatable bonds is 6. The zero-order valence-electron chi connectivity index (χ0n) is 17.8. The highest BCUT2D eigenvalue weighted by atomic mass is 35.5. The van der Waals surface area contributed by atoms with E-state index in [9.17, 15) is 9.59 Å². The van der Waals surface area contributed by atoms with E-state index in [2.05, 4.69) is 5.32 Å². The van der Waals surface area contributed by atoms with E-state index >= 15 is 0 Å². The Kier molecular flexibility index (Phi) is 5.88. The van der Waals surface area contributed by atoms with Crippen molar-refractivity contribution in [2.24, 2.45) is 0 Å². The Morgan fingerprint density at radius 2 is 1.50 bits per heavy atom.